The SMILES string of the molecule is CCCCCCN(C(=O)C(CCSC)NC(=O)OC(C)(C)C)C(C(=O)NC(C)(C)C)c1cccc(C)c1. The van der Waals surface area contributed by atoms with Gasteiger partial charge in [0, 0.05) is 12.1 Å². The minimum Gasteiger partial charge on any atom is -0.444 e. The van der Waals surface area contributed by atoms with Gasteiger partial charge in [-0.2, -0.15) is 11.8 Å². The molecular weight excluding hydrogens is 486 g/mol. The fourth-order valence-corrected chi connectivity index (χ4v) is 4.44. The van der Waals surface area contributed by atoms with Gasteiger partial charge in [0.15, 0.2) is 0 Å². The minimum absolute atomic E-state index is 0.233. The van der Waals surface area contributed by atoms with Gasteiger partial charge < -0.3 is 20.3 Å². The van der Waals surface area contributed by atoms with E-state index in [1.165, 1.54) is 0 Å². The lowest BCUT2D eigenvalue weighted by atomic mass is 9.98. The van der Waals surface area contributed by atoms with Gasteiger partial charge in [-0.1, -0.05) is 56.0 Å². The second-order valence-corrected chi connectivity index (χ2v) is 12.6. The number of benzene rings is 1. The molecule has 37 heavy (non-hydrogen) atoms. The lowest BCUT2D eigenvalue weighted by molar-refractivity contribution is -0.143. The average Bonchev–Trinajstić information content (AvgIpc) is 2.75. The maximum atomic E-state index is 14.2. The number of thioether (sulfide) groups is 1. The maximum absolute atomic E-state index is 14.2. The van der Waals surface area contributed by atoms with Gasteiger partial charge in [0.05, 0.1) is 0 Å². The van der Waals surface area contributed by atoms with Gasteiger partial charge in [0.25, 0.3) is 0 Å². The van der Waals surface area contributed by atoms with E-state index in [-0.39, 0.29) is 11.8 Å². The van der Waals surface area contributed by atoms with Crippen LogP contribution in [0.4, 0.5) is 4.79 Å². The maximum Gasteiger partial charge on any atom is 0.408 e. The standard InChI is InChI=1S/C29H49N3O4S/c1-10-11-12-13-18-32(26(34)23(17-19-37-9)30-27(35)36-29(6,7)8)24(25(33)31-28(3,4)5)22-16-14-15-21(2)20-22/h14-16,20,23-24H,10-13,17-19H2,1-9H3,(H,30,35)(H,31,33). The summed E-state index contributed by atoms with van der Waals surface area (Å²) in [6.07, 6.45) is 5.61. The van der Waals surface area contributed by atoms with E-state index >= 15 is 0 Å². The van der Waals surface area contributed by atoms with Crippen molar-refractivity contribution in [1.82, 2.24) is 15.5 Å². The van der Waals surface area contributed by atoms with Gasteiger partial charge in [-0.25, -0.2) is 4.79 Å². The van der Waals surface area contributed by atoms with Crippen molar-refractivity contribution in [3.05, 3.63) is 35.4 Å². The van der Waals surface area contributed by atoms with E-state index in [9.17, 15) is 14.4 Å². The average molecular weight is 536 g/mol. The quantitative estimate of drug-likeness (QED) is 0.302. The first kappa shape index (κ1) is 32.8. The van der Waals surface area contributed by atoms with Crippen molar-refractivity contribution >= 4 is 29.7 Å². The number of alkyl carbamates (subject to hydrolysis) is 1. The first-order chi connectivity index (χ1) is 17.2. The van der Waals surface area contributed by atoms with Crippen LogP contribution in [0, 0.1) is 6.92 Å². The number of carbonyl (C=O) groups is 3. The molecule has 0 aliphatic heterocycles. The zero-order valence-corrected chi connectivity index (χ0v) is 25.2. The number of amides is 3. The van der Waals surface area contributed by atoms with Crippen molar-refractivity contribution < 1.29 is 19.1 Å². The first-order valence-corrected chi connectivity index (χ1v) is 14.8. The molecule has 2 N–H and O–H groups in total. The Morgan fingerprint density at radius 3 is 2.27 bits per heavy atom. The molecule has 0 saturated heterocycles. The van der Waals surface area contributed by atoms with Gasteiger partial charge in [0.2, 0.25) is 11.8 Å². The summed E-state index contributed by atoms with van der Waals surface area (Å²) < 4.78 is 5.46. The van der Waals surface area contributed by atoms with E-state index in [4.69, 9.17) is 4.74 Å². The Hall–Kier alpha value is -2.22. The molecule has 0 aliphatic rings. The highest BCUT2D eigenvalue weighted by Crippen LogP contribution is 2.26. The fraction of sp³-hybridized carbons (Fsp3) is 0.690. The summed E-state index contributed by atoms with van der Waals surface area (Å²) in [4.78, 5) is 42.2. The minimum atomic E-state index is -0.814. The van der Waals surface area contributed by atoms with Gasteiger partial charge in [-0.05, 0) is 78.9 Å². The molecular formula is C29H49N3O4S. The lowest BCUT2D eigenvalue weighted by Crippen LogP contribution is -2.55. The molecule has 1 aromatic rings. The van der Waals surface area contributed by atoms with E-state index in [0.29, 0.717) is 18.7 Å². The van der Waals surface area contributed by atoms with Crippen molar-refractivity contribution in [1.29, 1.82) is 0 Å². The number of ether oxygens (including phenoxy) is 1. The second-order valence-electron chi connectivity index (χ2n) is 11.6. The van der Waals surface area contributed by atoms with Crippen molar-refractivity contribution in [3.8, 4) is 0 Å². The summed E-state index contributed by atoms with van der Waals surface area (Å²) in [7, 11) is 0. The highest BCUT2D eigenvalue weighted by atomic mass is 32.2. The molecule has 2 unspecified atom stereocenters. The number of aryl methyl sites for hydroxylation is 1. The molecule has 8 heteroatoms. The van der Waals surface area contributed by atoms with Crippen LogP contribution in [-0.2, 0) is 14.3 Å². The molecule has 0 aliphatic carbocycles. The number of carbonyl (C=O) groups excluding carboxylic acids is 3. The molecule has 210 valence electrons. The third-order valence-electron chi connectivity index (χ3n) is 5.55. The van der Waals surface area contributed by atoms with Crippen molar-refractivity contribution in [2.75, 3.05) is 18.6 Å². The highest BCUT2D eigenvalue weighted by Gasteiger charge is 2.37. The summed E-state index contributed by atoms with van der Waals surface area (Å²) in [6.45, 7) is 15.7. The molecule has 0 radical (unpaired) electrons. The van der Waals surface area contributed by atoms with E-state index in [2.05, 4.69) is 17.6 Å². The van der Waals surface area contributed by atoms with Crippen LogP contribution in [0.3, 0.4) is 0 Å². The van der Waals surface area contributed by atoms with Crippen LogP contribution in [-0.4, -0.2) is 58.5 Å². The first-order valence-electron chi connectivity index (χ1n) is 13.4. The monoisotopic (exact) mass is 535 g/mol. The van der Waals surface area contributed by atoms with Crippen molar-refractivity contribution in [2.24, 2.45) is 0 Å². The molecule has 7 nitrogen and oxygen atoms in total. The predicted molar refractivity (Wildman–Crippen MR) is 154 cm³/mol. The van der Waals surface area contributed by atoms with E-state index in [0.717, 1.165) is 36.8 Å². The number of unbranched alkanes of at least 4 members (excludes halogenated alkanes) is 3. The highest BCUT2D eigenvalue weighted by molar-refractivity contribution is 7.98. The second kappa shape index (κ2) is 15.3. The Kier molecular flexibility index (Phi) is 13.5. The van der Waals surface area contributed by atoms with Gasteiger partial charge in [0.1, 0.15) is 17.7 Å². The Bertz CT molecular complexity index is 877. The smallest absolute Gasteiger partial charge is 0.408 e. The molecule has 0 aromatic heterocycles. The predicted octanol–water partition coefficient (Wildman–Crippen LogP) is 6.01. The van der Waals surface area contributed by atoms with Crippen LogP contribution in [0.5, 0.6) is 0 Å². The van der Waals surface area contributed by atoms with E-state index in [1.807, 2.05) is 58.2 Å². The van der Waals surface area contributed by atoms with Gasteiger partial charge in [-0.15, -0.1) is 0 Å². The number of nitrogens with one attached hydrogen (secondary N) is 2. The molecule has 0 saturated carbocycles. The van der Waals surface area contributed by atoms with Gasteiger partial charge >= 0.3 is 6.09 Å². The lowest BCUT2D eigenvalue weighted by Gasteiger charge is -2.36. The zero-order chi connectivity index (χ0) is 28.2. The van der Waals surface area contributed by atoms with Crippen LogP contribution in [0.25, 0.3) is 0 Å². The van der Waals surface area contributed by atoms with Crippen LogP contribution >= 0.6 is 11.8 Å². The van der Waals surface area contributed by atoms with Crippen LogP contribution < -0.4 is 10.6 Å². The third kappa shape index (κ3) is 12.7. The molecule has 0 bridgehead atoms. The molecule has 0 fully saturated rings. The molecule has 1 aromatic carbocycles. The van der Waals surface area contributed by atoms with Gasteiger partial charge in [-0.3, -0.25) is 9.59 Å². The topological polar surface area (TPSA) is 87.7 Å². The zero-order valence-electron chi connectivity index (χ0n) is 24.4. The summed E-state index contributed by atoms with van der Waals surface area (Å²) in [5.74, 6) is 0.175. The Morgan fingerprint density at radius 1 is 1.05 bits per heavy atom. The number of hydrogen-bond acceptors (Lipinski definition) is 5. The number of nitrogens with zero attached hydrogens (tertiary/aromatic N) is 1. The summed E-state index contributed by atoms with van der Waals surface area (Å²) in [6, 6.07) is 6.11. The molecule has 1 rings (SSSR count). The van der Waals surface area contributed by atoms with Crippen LogP contribution in [0.2, 0.25) is 0 Å². The summed E-state index contributed by atoms with van der Waals surface area (Å²) in [5.41, 5.74) is 0.610. The van der Waals surface area contributed by atoms with Crippen molar-refractivity contribution in [2.45, 2.75) is 111 Å². The Morgan fingerprint density at radius 2 is 1.73 bits per heavy atom. The molecule has 0 spiro atoms. The van der Waals surface area contributed by atoms with E-state index in [1.54, 1.807) is 37.4 Å². The largest absolute Gasteiger partial charge is 0.444 e. The summed E-state index contributed by atoms with van der Waals surface area (Å²) >= 11 is 1.60. The molecule has 3 amide bonds. The van der Waals surface area contributed by atoms with E-state index < -0.39 is 29.3 Å². The molecule has 2 atom stereocenters. The summed E-state index contributed by atoms with van der Waals surface area (Å²) in [5, 5.41) is 5.88. The normalized spacial score (nSPS) is 13.4. The number of hydrogen-bond donors (Lipinski definition) is 2. The molecule has 0 heterocycles. The van der Waals surface area contributed by atoms with Crippen LogP contribution in [0.1, 0.15) is 97.7 Å². The number of rotatable bonds is 13. The fourth-order valence-electron chi connectivity index (χ4n) is 3.97. The Balaban J connectivity index is 3.48. The Labute approximate surface area is 228 Å². The van der Waals surface area contributed by atoms with Crippen LogP contribution in [0.15, 0.2) is 24.3 Å². The van der Waals surface area contributed by atoms with Crippen molar-refractivity contribution in [3.63, 3.8) is 0 Å². The third-order valence-corrected chi connectivity index (χ3v) is 6.20.